The third-order valence-corrected chi connectivity index (χ3v) is 5.33. The first kappa shape index (κ1) is 17.9. The molecule has 4 rings (SSSR count). The summed E-state index contributed by atoms with van der Waals surface area (Å²) in [5.74, 6) is 0.700. The molecule has 3 aliphatic heterocycles. The van der Waals surface area contributed by atoms with Gasteiger partial charge in [0.05, 0.1) is 4.91 Å². The molecule has 2 saturated heterocycles. The van der Waals surface area contributed by atoms with E-state index in [-0.39, 0.29) is 36.9 Å². The molecule has 8 nitrogen and oxygen atoms in total. The molecule has 2 fully saturated rings. The van der Waals surface area contributed by atoms with Crippen molar-refractivity contribution in [2.24, 2.45) is 0 Å². The number of amides is 3. The summed E-state index contributed by atoms with van der Waals surface area (Å²) in [7, 11) is 0. The lowest BCUT2D eigenvalue weighted by atomic mass is 10.2. The van der Waals surface area contributed by atoms with E-state index in [0.717, 1.165) is 28.6 Å². The van der Waals surface area contributed by atoms with Crippen molar-refractivity contribution in [3.05, 3.63) is 28.7 Å². The molecule has 142 valence electrons. The van der Waals surface area contributed by atoms with Crippen LogP contribution in [0.3, 0.4) is 0 Å². The van der Waals surface area contributed by atoms with Crippen LogP contribution in [0, 0.1) is 0 Å². The Kier molecular flexibility index (Phi) is 5.04. The van der Waals surface area contributed by atoms with E-state index in [1.165, 1.54) is 0 Å². The summed E-state index contributed by atoms with van der Waals surface area (Å²) < 4.78 is 15.9. The quantitative estimate of drug-likeness (QED) is 0.766. The minimum Gasteiger partial charge on any atom is -0.454 e. The fourth-order valence-corrected chi connectivity index (χ4v) is 3.90. The number of thioether (sulfide) groups is 1. The molecule has 1 N–H and O–H groups in total. The summed E-state index contributed by atoms with van der Waals surface area (Å²) in [5.41, 5.74) is 0.747. The molecule has 3 aliphatic rings. The Bertz CT molecular complexity index is 818. The number of carbonyl (C=O) groups is 3. The van der Waals surface area contributed by atoms with E-state index in [1.54, 1.807) is 24.3 Å². The van der Waals surface area contributed by atoms with E-state index < -0.39 is 6.10 Å². The van der Waals surface area contributed by atoms with Gasteiger partial charge in [-0.2, -0.15) is 0 Å². The summed E-state index contributed by atoms with van der Waals surface area (Å²) in [6.45, 7) is 1.09. The highest BCUT2D eigenvalue weighted by Crippen LogP contribution is 2.36. The number of hydrogen-bond donors (Lipinski definition) is 1. The van der Waals surface area contributed by atoms with Gasteiger partial charge < -0.3 is 19.5 Å². The van der Waals surface area contributed by atoms with Crippen molar-refractivity contribution >= 4 is 34.9 Å². The van der Waals surface area contributed by atoms with Gasteiger partial charge in [0.15, 0.2) is 11.5 Å². The van der Waals surface area contributed by atoms with Crippen LogP contribution in [0.25, 0.3) is 6.08 Å². The van der Waals surface area contributed by atoms with Crippen molar-refractivity contribution in [1.29, 1.82) is 0 Å². The Hall–Kier alpha value is -2.52. The molecule has 1 atom stereocenters. The molecule has 3 heterocycles. The van der Waals surface area contributed by atoms with Crippen LogP contribution < -0.4 is 14.8 Å². The van der Waals surface area contributed by atoms with E-state index >= 15 is 0 Å². The van der Waals surface area contributed by atoms with Crippen molar-refractivity contribution in [2.45, 2.75) is 18.9 Å². The highest BCUT2D eigenvalue weighted by atomic mass is 32.2. The van der Waals surface area contributed by atoms with Crippen LogP contribution in [0.15, 0.2) is 23.1 Å². The molecule has 0 aromatic heterocycles. The lowest BCUT2D eigenvalue weighted by Crippen LogP contribution is -2.40. The number of fused-ring (bicyclic) bond motifs is 1. The Labute approximate surface area is 159 Å². The minimum atomic E-state index is -0.425. The fourth-order valence-electron chi connectivity index (χ4n) is 3.04. The van der Waals surface area contributed by atoms with Crippen LogP contribution in [0.1, 0.15) is 18.4 Å². The molecular weight excluding hydrogens is 372 g/mol. The van der Waals surface area contributed by atoms with Crippen LogP contribution in [-0.2, 0) is 14.3 Å². The first-order chi connectivity index (χ1) is 13.1. The molecule has 1 aromatic rings. The molecule has 27 heavy (non-hydrogen) atoms. The number of nitrogens with zero attached hydrogens (tertiary/aromatic N) is 1. The molecule has 1 aromatic carbocycles. The van der Waals surface area contributed by atoms with E-state index in [1.807, 2.05) is 0 Å². The Morgan fingerprint density at radius 2 is 2.15 bits per heavy atom. The normalized spacial score (nSPS) is 22.7. The van der Waals surface area contributed by atoms with Gasteiger partial charge in [0.1, 0.15) is 6.10 Å². The molecular formula is C18H18N2O6S. The van der Waals surface area contributed by atoms with Crippen molar-refractivity contribution in [3.63, 3.8) is 0 Å². The van der Waals surface area contributed by atoms with Gasteiger partial charge >= 0.3 is 0 Å². The summed E-state index contributed by atoms with van der Waals surface area (Å²) in [6, 6.07) is 5.32. The van der Waals surface area contributed by atoms with E-state index in [4.69, 9.17) is 14.2 Å². The van der Waals surface area contributed by atoms with E-state index in [9.17, 15) is 14.4 Å². The summed E-state index contributed by atoms with van der Waals surface area (Å²) in [5, 5.41) is 2.37. The lowest BCUT2D eigenvalue weighted by Gasteiger charge is -2.14. The fraction of sp³-hybridized carbons (Fsp3) is 0.389. The second-order valence-electron chi connectivity index (χ2n) is 6.24. The van der Waals surface area contributed by atoms with Gasteiger partial charge in [-0.15, -0.1) is 0 Å². The standard InChI is InChI=1S/C18H18N2O6S/c21-16(13-2-1-7-24-13)19-5-6-20-17(22)15(27-18(20)23)9-11-3-4-12-14(8-11)26-10-25-12/h3-4,8-9,13H,1-2,5-7,10H2,(H,19,21)/b15-9-/t13-/m1/s1. The predicted molar refractivity (Wildman–Crippen MR) is 97.2 cm³/mol. The Balaban J connectivity index is 1.36. The molecule has 0 unspecified atom stereocenters. The molecule has 0 aliphatic carbocycles. The summed E-state index contributed by atoms with van der Waals surface area (Å²) >= 11 is 0.883. The number of carbonyl (C=O) groups excluding carboxylic acids is 3. The monoisotopic (exact) mass is 390 g/mol. The van der Waals surface area contributed by atoms with E-state index in [0.29, 0.717) is 29.4 Å². The number of nitrogens with one attached hydrogen (secondary N) is 1. The summed E-state index contributed by atoms with van der Waals surface area (Å²) in [4.78, 5) is 38.1. The van der Waals surface area contributed by atoms with Crippen LogP contribution in [0.5, 0.6) is 11.5 Å². The maximum Gasteiger partial charge on any atom is 0.293 e. The predicted octanol–water partition coefficient (Wildman–Crippen LogP) is 1.75. The largest absolute Gasteiger partial charge is 0.454 e. The molecule has 9 heteroatoms. The smallest absolute Gasteiger partial charge is 0.293 e. The Morgan fingerprint density at radius 1 is 1.30 bits per heavy atom. The van der Waals surface area contributed by atoms with Crippen LogP contribution in [0.2, 0.25) is 0 Å². The molecule has 0 radical (unpaired) electrons. The number of benzene rings is 1. The van der Waals surface area contributed by atoms with Crippen molar-refractivity contribution in [3.8, 4) is 11.5 Å². The zero-order chi connectivity index (χ0) is 18.8. The second kappa shape index (κ2) is 7.61. The maximum absolute atomic E-state index is 12.5. The minimum absolute atomic E-state index is 0.127. The number of hydrogen-bond acceptors (Lipinski definition) is 7. The third kappa shape index (κ3) is 3.79. The van der Waals surface area contributed by atoms with Crippen LogP contribution in [-0.4, -0.2) is 54.5 Å². The zero-order valence-electron chi connectivity index (χ0n) is 14.4. The first-order valence-corrected chi connectivity index (χ1v) is 9.48. The average Bonchev–Trinajstić information content (AvgIpc) is 3.38. The molecule has 0 saturated carbocycles. The highest BCUT2D eigenvalue weighted by Gasteiger charge is 2.35. The van der Waals surface area contributed by atoms with Crippen molar-refractivity contribution in [1.82, 2.24) is 10.2 Å². The third-order valence-electron chi connectivity index (χ3n) is 4.42. The summed E-state index contributed by atoms with van der Waals surface area (Å²) in [6.07, 6.45) is 2.79. The van der Waals surface area contributed by atoms with Gasteiger partial charge in [-0.1, -0.05) is 6.07 Å². The van der Waals surface area contributed by atoms with Gasteiger partial charge in [0.25, 0.3) is 11.1 Å². The van der Waals surface area contributed by atoms with Gasteiger partial charge in [0, 0.05) is 19.7 Å². The van der Waals surface area contributed by atoms with Crippen molar-refractivity contribution in [2.75, 3.05) is 26.5 Å². The van der Waals surface area contributed by atoms with Gasteiger partial charge in [0.2, 0.25) is 12.7 Å². The first-order valence-electron chi connectivity index (χ1n) is 8.66. The van der Waals surface area contributed by atoms with Crippen LogP contribution in [0.4, 0.5) is 4.79 Å². The second-order valence-corrected chi connectivity index (χ2v) is 7.23. The molecule has 0 bridgehead atoms. The topological polar surface area (TPSA) is 94.2 Å². The SMILES string of the molecule is O=C(NCCN1C(=O)S/C(=C\c2ccc3c(c2)OCO3)C1=O)[C@H]1CCCO1. The highest BCUT2D eigenvalue weighted by molar-refractivity contribution is 8.18. The van der Waals surface area contributed by atoms with Gasteiger partial charge in [-0.05, 0) is 48.4 Å². The number of rotatable bonds is 5. The average molecular weight is 390 g/mol. The molecule has 3 amide bonds. The van der Waals surface area contributed by atoms with E-state index in [2.05, 4.69) is 5.32 Å². The molecule has 0 spiro atoms. The Morgan fingerprint density at radius 3 is 2.96 bits per heavy atom. The van der Waals surface area contributed by atoms with Crippen LogP contribution >= 0.6 is 11.8 Å². The van der Waals surface area contributed by atoms with Gasteiger partial charge in [-0.3, -0.25) is 19.3 Å². The van der Waals surface area contributed by atoms with Crippen molar-refractivity contribution < 1.29 is 28.6 Å². The maximum atomic E-state index is 12.5. The lowest BCUT2D eigenvalue weighted by molar-refractivity contribution is -0.130. The number of ether oxygens (including phenoxy) is 3. The van der Waals surface area contributed by atoms with Gasteiger partial charge in [-0.25, -0.2) is 0 Å². The zero-order valence-corrected chi connectivity index (χ0v) is 15.3. The number of imide groups is 1.